The van der Waals surface area contributed by atoms with Gasteiger partial charge in [0.25, 0.3) is 5.91 Å². The highest BCUT2D eigenvalue weighted by atomic mass is 32.1. The summed E-state index contributed by atoms with van der Waals surface area (Å²) in [5, 5.41) is 11.8. The monoisotopic (exact) mass is 856 g/mol. The molecule has 1 saturated carbocycles. The average molecular weight is 857 g/mol. The number of hydrogen-bond acceptors (Lipinski definition) is 9. The van der Waals surface area contributed by atoms with Crippen molar-refractivity contribution in [2.24, 2.45) is 5.92 Å². The summed E-state index contributed by atoms with van der Waals surface area (Å²) in [6.45, 7) is 9.25. The van der Waals surface area contributed by atoms with Crippen molar-refractivity contribution in [3.8, 4) is 11.8 Å². The van der Waals surface area contributed by atoms with Crippen molar-refractivity contribution in [1.82, 2.24) is 15.1 Å². The van der Waals surface area contributed by atoms with E-state index in [9.17, 15) is 37.6 Å². The largest absolute Gasteiger partial charge is 0.492 e. The van der Waals surface area contributed by atoms with Gasteiger partial charge in [0, 0.05) is 56.2 Å². The smallest absolute Gasteiger partial charge is 0.417 e. The van der Waals surface area contributed by atoms with E-state index in [1.165, 1.54) is 11.0 Å². The van der Waals surface area contributed by atoms with E-state index in [0.29, 0.717) is 76.1 Å². The third kappa shape index (κ3) is 9.22. The Balaban J connectivity index is 0.953. The fourth-order valence-corrected chi connectivity index (χ4v) is 10.1. The van der Waals surface area contributed by atoms with E-state index in [4.69, 9.17) is 17.0 Å². The van der Waals surface area contributed by atoms with E-state index in [2.05, 4.69) is 29.0 Å². The number of carbonyl (C=O) groups is 4. The number of piperazine rings is 1. The maximum Gasteiger partial charge on any atom is 0.417 e. The lowest BCUT2D eigenvalue weighted by atomic mass is 9.90. The minimum atomic E-state index is -4.78. The Kier molecular flexibility index (Phi) is 13.0. The molecule has 322 valence electrons. The quantitative estimate of drug-likeness (QED) is 0.146. The number of imide groups is 1. The van der Waals surface area contributed by atoms with E-state index in [1.807, 2.05) is 49.4 Å². The Bertz CT molecular complexity index is 2240. The number of thiocarbonyl (C=S) groups is 1. The molecule has 3 amide bonds. The number of Topliss-reactive ketones (excluding diaryl/α,β-unsaturated/α-hetero) is 1. The van der Waals surface area contributed by atoms with E-state index in [-0.39, 0.29) is 52.3 Å². The van der Waals surface area contributed by atoms with E-state index < -0.39 is 22.8 Å². The summed E-state index contributed by atoms with van der Waals surface area (Å²) in [5.41, 5.74) is 0.780. The SMILES string of the molecule is CCc1cc(N2C(=S)N(c3ccc(C#N)c(C(F)(F)F)c3)C(=O)C23CCCC3)ccc1OCCN1C[C@@H](C)N(CC(=O)Cc2cccc(CC3CCC(=O)NC3=O)c2)[C@@H](C)C1. The summed E-state index contributed by atoms with van der Waals surface area (Å²) in [6.07, 6.45) is 0.0961. The topological polar surface area (TPSA) is 126 Å². The van der Waals surface area contributed by atoms with Crippen LogP contribution >= 0.6 is 12.2 Å². The molecule has 3 aromatic carbocycles. The summed E-state index contributed by atoms with van der Waals surface area (Å²) < 4.78 is 48.2. The Morgan fingerprint density at radius 3 is 2.36 bits per heavy atom. The van der Waals surface area contributed by atoms with Crippen LogP contribution in [0.4, 0.5) is 24.5 Å². The maximum absolute atomic E-state index is 14.2. The molecule has 1 aliphatic carbocycles. The molecule has 3 atom stereocenters. The van der Waals surface area contributed by atoms with Crippen LogP contribution in [0.2, 0.25) is 0 Å². The molecule has 3 aliphatic heterocycles. The summed E-state index contributed by atoms with van der Waals surface area (Å²) in [7, 11) is 0. The van der Waals surface area contributed by atoms with Gasteiger partial charge in [-0.1, -0.05) is 44.0 Å². The van der Waals surface area contributed by atoms with Gasteiger partial charge < -0.3 is 9.64 Å². The fraction of sp³-hybridized carbons (Fsp3) is 0.478. The van der Waals surface area contributed by atoms with Crippen molar-refractivity contribution >= 4 is 52.2 Å². The zero-order valence-corrected chi connectivity index (χ0v) is 35.5. The number of carbonyl (C=O) groups excluding carboxylic acids is 4. The highest BCUT2D eigenvalue weighted by molar-refractivity contribution is 7.81. The van der Waals surface area contributed by atoms with Crippen LogP contribution in [-0.4, -0.2) is 88.8 Å². The Morgan fingerprint density at radius 1 is 0.984 bits per heavy atom. The first kappa shape index (κ1) is 43.9. The Hall–Kier alpha value is -5.17. The van der Waals surface area contributed by atoms with Crippen LogP contribution in [0.25, 0.3) is 0 Å². The van der Waals surface area contributed by atoms with Crippen LogP contribution in [0.1, 0.15) is 87.1 Å². The highest BCUT2D eigenvalue weighted by Gasteiger charge is 2.57. The lowest BCUT2D eigenvalue weighted by molar-refractivity contribution is -0.138. The molecule has 1 unspecified atom stereocenters. The predicted octanol–water partition coefficient (Wildman–Crippen LogP) is 6.77. The number of nitriles is 1. The van der Waals surface area contributed by atoms with Crippen LogP contribution in [0.5, 0.6) is 5.75 Å². The third-order valence-corrected chi connectivity index (χ3v) is 13.0. The van der Waals surface area contributed by atoms with Crippen LogP contribution < -0.4 is 19.9 Å². The minimum Gasteiger partial charge on any atom is -0.492 e. The molecule has 3 saturated heterocycles. The summed E-state index contributed by atoms with van der Waals surface area (Å²) >= 11 is 5.89. The number of piperidine rings is 1. The zero-order valence-electron chi connectivity index (χ0n) is 34.7. The fourth-order valence-electron chi connectivity index (χ4n) is 9.60. The van der Waals surface area contributed by atoms with Crippen LogP contribution in [-0.2, 0) is 44.6 Å². The zero-order chi connectivity index (χ0) is 43.6. The summed E-state index contributed by atoms with van der Waals surface area (Å²) in [6, 6.07) is 18.6. The van der Waals surface area contributed by atoms with Crippen LogP contribution in [0, 0.1) is 17.2 Å². The number of hydrogen-bond donors (Lipinski definition) is 1. The number of rotatable bonds is 13. The highest BCUT2D eigenvalue weighted by Crippen LogP contribution is 2.47. The first-order chi connectivity index (χ1) is 29.1. The molecule has 15 heteroatoms. The molecule has 0 radical (unpaired) electrons. The lowest BCUT2D eigenvalue weighted by Gasteiger charge is -2.44. The molecule has 1 spiro atoms. The van der Waals surface area contributed by atoms with Gasteiger partial charge in [-0.15, -0.1) is 0 Å². The van der Waals surface area contributed by atoms with Crippen molar-refractivity contribution in [2.45, 2.75) is 102 Å². The van der Waals surface area contributed by atoms with E-state index >= 15 is 0 Å². The van der Waals surface area contributed by atoms with Crippen molar-refractivity contribution in [2.75, 3.05) is 42.6 Å². The maximum atomic E-state index is 14.2. The second kappa shape index (κ2) is 18.0. The molecular weight excluding hydrogens is 806 g/mol. The lowest BCUT2D eigenvalue weighted by Crippen LogP contribution is -2.58. The summed E-state index contributed by atoms with van der Waals surface area (Å²) in [4.78, 5) is 59.0. The second-order valence-corrected chi connectivity index (χ2v) is 17.2. The van der Waals surface area contributed by atoms with Gasteiger partial charge in [0.15, 0.2) is 10.9 Å². The van der Waals surface area contributed by atoms with Gasteiger partial charge in [-0.25, -0.2) is 0 Å². The van der Waals surface area contributed by atoms with Gasteiger partial charge >= 0.3 is 6.18 Å². The number of amides is 3. The second-order valence-electron chi connectivity index (χ2n) is 16.8. The minimum absolute atomic E-state index is 0.0204. The molecule has 11 nitrogen and oxygen atoms in total. The first-order valence-corrected chi connectivity index (χ1v) is 21.5. The normalized spacial score (nSPS) is 22.2. The average Bonchev–Trinajstić information content (AvgIpc) is 3.79. The van der Waals surface area contributed by atoms with Crippen LogP contribution in [0.15, 0.2) is 60.7 Å². The van der Waals surface area contributed by atoms with Gasteiger partial charge in [0.1, 0.15) is 17.9 Å². The number of halogens is 3. The number of ketones is 1. The molecule has 0 bridgehead atoms. The predicted molar refractivity (Wildman–Crippen MR) is 228 cm³/mol. The number of aryl methyl sites for hydroxylation is 1. The third-order valence-electron chi connectivity index (χ3n) is 12.6. The van der Waals surface area contributed by atoms with Crippen molar-refractivity contribution < 1.29 is 37.1 Å². The molecule has 4 aliphatic rings. The Morgan fingerprint density at radius 2 is 1.69 bits per heavy atom. The van der Waals surface area contributed by atoms with Gasteiger partial charge in [0.2, 0.25) is 11.8 Å². The van der Waals surface area contributed by atoms with Crippen LogP contribution in [0.3, 0.4) is 0 Å². The molecular formula is C46H51F3N6O5S. The summed E-state index contributed by atoms with van der Waals surface area (Å²) in [5.74, 6) is -0.258. The van der Waals surface area contributed by atoms with Gasteiger partial charge in [-0.3, -0.25) is 39.2 Å². The molecule has 61 heavy (non-hydrogen) atoms. The van der Waals surface area contributed by atoms with Gasteiger partial charge in [0.05, 0.1) is 29.4 Å². The molecule has 0 aromatic heterocycles. The number of anilines is 2. The van der Waals surface area contributed by atoms with Crippen molar-refractivity contribution in [1.29, 1.82) is 5.26 Å². The molecule has 7 rings (SSSR count). The number of benzene rings is 3. The van der Waals surface area contributed by atoms with Gasteiger partial charge in [-0.05, 0) is 111 Å². The Labute approximate surface area is 359 Å². The number of nitrogens with zero attached hydrogens (tertiary/aromatic N) is 5. The number of alkyl halides is 3. The van der Waals surface area contributed by atoms with Crippen molar-refractivity contribution in [3.05, 3.63) is 88.5 Å². The molecule has 3 aromatic rings. The number of ether oxygens (including phenoxy) is 1. The van der Waals surface area contributed by atoms with Crippen molar-refractivity contribution in [3.63, 3.8) is 0 Å². The van der Waals surface area contributed by atoms with E-state index in [0.717, 1.165) is 54.8 Å². The molecule has 4 fully saturated rings. The number of nitrogens with one attached hydrogen (secondary N) is 1. The first-order valence-electron chi connectivity index (χ1n) is 21.1. The standard InChI is InChI=1S/C46H51F3N6O5S/c1-4-33-23-37(55-44(61)54(43(59)45(55)16-5-6-17-45)36-12-10-35(25-50)39(24-36)46(47,48)49)13-14-40(33)60-19-18-52-26-29(2)53(30(3)27-52)28-38(56)22-32-9-7-8-31(20-32)21-34-11-15-41(57)51-42(34)58/h7-10,12-14,20,23-24,29-30,34H,4-6,11,15-19,21-22,26-28H2,1-3H3,(H,51,57,58)/t29-,30+,34?. The van der Waals surface area contributed by atoms with Gasteiger partial charge in [-0.2, -0.15) is 18.4 Å². The van der Waals surface area contributed by atoms with E-state index in [1.54, 1.807) is 11.0 Å². The molecule has 3 heterocycles. The molecule has 1 N–H and O–H groups in total.